The van der Waals surface area contributed by atoms with Crippen molar-refractivity contribution in [3.8, 4) is 0 Å². The summed E-state index contributed by atoms with van der Waals surface area (Å²) in [4.78, 5) is 0. The maximum absolute atomic E-state index is 5.54. The predicted molar refractivity (Wildman–Crippen MR) is 80.0 cm³/mol. The Bertz CT molecular complexity index is 232. The normalized spacial score (nSPS) is 15.5. The highest BCUT2D eigenvalue weighted by Gasteiger charge is 2.48. The zero-order chi connectivity index (χ0) is 14.6. The van der Waals surface area contributed by atoms with Gasteiger partial charge in [-0.3, -0.25) is 0 Å². The highest BCUT2D eigenvalue weighted by Crippen LogP contribution is 2.33. The molecule has 0 spiro atoms. The van der Waals surface area contributed by atoms with Crippen LogP contribution in [0.25, 0.3) is 0 Å². The topological polar surface area (TPSA) is 34.2 Å². The van der Waals surface area contributed by atoms with E-state index in [1.165, 1.54) is 0 Å². The molecule has 0 aliphatic rings. The second-order valence-corrected chi connectivity index (χ2v) is 13.2. The van der Waals surface area contributed by atoms with Gasteiger partial charge in [-0.2, -0.15) is 0 Å². The monoisotopic (exact) mass is 294 g/mol. The molecule has 0 bridgehead atoms. The van der Waals surface area contributed by atoms with Gasteiger partial charge in [0.2, 0.25) is 8.40 Å². The van der Waals surface area contributed by atoms with E-state index in [9.17, 15) is 0 Å². The Morgan fingerprint density at radius 1 is 0.889 bits per heavy atom. The maximum Gasteiger partial charge on any atom is 0.500 e. The van der Waals surface area contributed by atoms with Gasteiger partial charge in [-0.25, -0.2) is 0 Å². The third kappa shape index (κ3) is 3.63. The van der Waals surface area contributed by atoms with Gasteiger partial charge in [0.1, 0.15) is 0 Å². The second kappa shape index (κ2) is 7.13. The molecule has 0 aromatic carbocycles. The first kappa shape index (κ1) is 18.2. The van der Waals surface area contributed by atoms with E-state index in [0.29, 0.717) is 5.54 Å². The Balaban J connectivity index is 5.07. The summed E-state index contributed by atoms with van der Waals surface area (Å²) in [5, 5.41) is 0. The average Bonchev–Trinajstić information content (AvgIpc) is 2.34. The van der Waals surface area contributed by atoms with Crippen LogP contribution in [0.5, 0.6) is 0 Å². The first-order valence-electron chi connectivity index (χ1n) is 6.20. The molecule has 0 aliphatic carbocycles. The quantitative estimate of drug-likeness (QED) is 0.633. The first-order valence-corrected chi connectivity index (χ1v) is 10.6. The third-order valence-electron chi connectivity index (χ3n) is 4.23. The molecule has 5 nitrogen and oxygen atoms in total. The molecule has 1 atom stereocenters. The Kier molecular flexibility index (Phi) is 7.23. The molecule has 0 rings (SSSR count). The van der Waals surface area contributed by atoms with Crippen LogP contribution in [-0.2, 0) is 13.3 Å². The van der Waals surface area contributed by atoms with Gasteiger partial charge >= 0.3 is 8.80 Å². The van der Waals surface area contributed by atoms with E-state index >= 15 is 0 Å². The standard InChI is InChI=1S/C11H30N2O3Si2/c1-11(10-18(14-6,15-7)16-8)17(9,12(2)3)13(4)5/h11H,10H2,1-9H3. The molecule has 0 saturated heterocycles. The van der Waals surface area contributed by atoms with E-state index in [1.54, 1.807) is 21.3 Å². The van der Waals surface area contributed by atoms with Crippen molar-refractivity contribution in [3.05, 3.63) is 0 Å². The van der Waals surface area contributed by atoms with E-state index in [2.05, 4.69) is 50.8 Å². The van der Waals surface area contributed by atoms with Crippen molar-refractivity contribution in [1.29, 1.82) is 0 Å². The SMILES string of the molecule is CO[Si](CC(C)[Si](C)(N(C)C)N(C)C)(OC)OC. The highest BCUT2D eigenvalue weighted by molar-refractivity contribution is 6.76. The molecule has 7 heteroatoms. The zero-order valence-corrected chi connectivity index (χ0v) is 15.4. The van der Waals surface area contributed by atoms with Gasteiger partial charge in [0.05, 0.1) is 0 Å². The molecule has 0 aromatic heterocycles. The van der Waals surface area contributed by atoms with Gasteiger partial charge in [-0.1, -0.05) is 6.92 Å². The van der Waals surface area contributed by atoms with Gasteiger partial charge in [0.15, 0.2) is 0 Å². The molecule has 0 N–H and O–H groups in total. The van der Waals surface area contributed by atoms with Crippen LogP contribution in [0.1, 0.15) is 6.92 Å². The summed E-state index contributed by atoms with van der Waals surface area (Å²) >= 11 is 0. The fraction of sp³-hybridized carbons (Fsp3) is 1.00. The van der Waals surface area contributed by atoms with Crippen LogP contribution in [-0.4, -0.2) is 75.9 Å². The molecular formula is C11H30N2O3Si2. The van der Waals surface area contributed by atoms with Crippen molar-refractivity contribution in [3.63, 3.8) is 0 Å². The molecule has 18 heavy (non-hydrogen) atoms. The van der Waals surface area contributed by atoms with Crippen LogP contribution in [0.15, 0.2) is 0 Å². The van der Waals surface area contributed by atoms with Crippen LogP contribution < -0.4 is 0 Å². The highest BCUT2D eigenvalue weighted by atomic mass is 28.4. The molecule has 0 radical (unpaired) electrons. The fourth-order valence-corrected chi connectivity index (χ4v) is 8.96. The van der Waals surface area contributed by atoms with Crippen LogP contribution >= 0.6 is 0 Å². The van der Waals surface area contributed by atoms with Gasteiger partial charge in [0.25, 0.3) is 0 Å². The van der Waals surface area contributed by atoms with Crippen LogP contribution in [0.3, 0.4) is 0 Å². The Morgan fingerprint density at radius 2 is 1.22 bits per heavy atom. The summed E-state index contributed by atoms with van der Waals surface area (Å²) in [7, 11) is 9.43. The Labute approximate surface area is 115 Å². The molecule has 0 aromatic rings. The molecule has 0 fully saturated rings. The van der Waals surface area contributed by atoms with Crippen LogP contribution in [0.2, 0.25) is 18.1 Å². The Hall–Kier alpha value is 0.234. The van der Waals surface area contributed by atoms with E-state index in [1.807, 2.05) is 0 Å². The smallest absolute Gasteiger partial charge is 0.377 e. The van der Waals surface area contributed by atoms with Gasteiger partial charge in [-0.15, -0.1) is 0 Å². The van der Waals surface area contributed by atoms with E-state index < -0.39 is 17.2 Å². The maximum atomic E-state index is 5.54. The van der Waals surface area contributed by atoms with Crippen molar-refractivity contribution in [2.24, 2.45) is 0 Å². The molecule has 0 aliphatic heterocycles. The van der Waals surface area contributed by atoms with E-state index in [-0.39, 0.29) is 0 Å². The second-order valence-electron chi connectivity index (χ2n) is 5.28. The van der Waals surface area contributed by atoms with Crippen molar-refractivity contribution in [2.45, 2.75) is 25.1 Å². The average molecular weight is 295 g/mol. The summed E-state index contributed by atoms with van der Waals surface area (Å²) in [6, 6.07) is 0.843. The number of rotatable bonds is 8. The summed E-state index contributed by atoms with van der Waals surface area (Å²) < 4.78 is 21.3. The zero-order valence-electron chi connectivity index (χ0n) is 13.4. The minimum atomic E-state index is -2.50. The van der Waals surface area contributed by atoms with Gasteiger partial charge in [-0.05, 0) is 40.3 Å². The van der Waals surface area contributed by atoms with Crippen molar-refractivity contribution in [1.82, 2.24) is 9.13 Å². The fourth-order valence-electron chi connectivity index (χ4n) is 2.35. The number of hydrogen-bond donors (Lipinski definition) is 0. The predicted octanol–water partition coefficient (Wildman–Crippen LogP) is 1.45. The van der Waals surface area contributed by atoms with E-state index in [4.69, 9.17) is 13.3 Å². The third-order valence-corrected chi connectivity index (χ3v) is 13.3. The van der Waals surface area contributed by atoms with Crippen LogP contribution in [0.4, 0.5) is 0 Å². The lowest BCUT2D eigenvalue weighted by Crippen LogP contribution is -2.62. The van der Waals surface area contributed by atoms with Crippen LogP contribution in [0, 0.1) is 0 Å². The molecule has 0 heterocycles. The Morgan fingerprint density at radius 3 is 1.44 bits per heavy atom. The lowest BCUT2D eigenvalue weighted by atomic mass is 10.6. The number of hydrogen-bond acceptors (Lipinski definition) is 5. The molecule has 0 saturated carbocycles. The largest absolute Gasteiger partial charge is 0.500 e. The van der Waals surface area contributed by atoms with E-state index in [0.717, 1.165) is 6.04 Å². The van der Waals surface area contributed by atoms with Crippen molar-refractivity contribution >= 4 is 17.2 Å². The molecule has 0 amide bonds. The van der Waals surface area contributed by atoms with Gasteiger partial charge < -0.3 is 22.4 Å². The molecular weight excluding hydrogens is 264 g/mol. The summed E-state index contributed by atoms with van der Waals surface area (Å²) in [6.45, 7) is 4.63. The lowest BCUT2D eigenvalue weighted by molar-refractivity contribution is 0.122. The summed E-state index contributed by atoms with van der Waals surface area (Å²) in [6.07, 6.45) is 0. The van der Waals surface area contributed by atoms with Crippen molar-refractivity contribution < 1.29 is 13.3 Å². The number of nitrogens with zero attached hydrogens (tertiary/aromatic N) is 2. The van der Waals surface area contributed by atoms with Gasteiger partial charge in [0, 0.05) is 27.4 Å². The minimum absolute atomic E-state index is 0.481. The first-order chi connectivity index (χ1) is 8.20. The summed E-state index contributed by atoms with van der Waals surface area (Å²) in [5.74, 6) is 0. The van der Waals surface area contributed by atoms with Crippen molar-refractivity contribution in [2.75, 3.05) is 49.5 Å². The minimum Gasteiger partial charge on any atom is -0.377 e. The lowest BCUT2D eigenvalue weighted by Gasteiger charge is -2.45. The summed E-state index contributed by atoms with van der Waals surface area (Å²) in [5.41, 5.74) is 0.481. The molecule has 1 unspecified atom stereocenters. The molecule has 110 valence electrons.